The summed E-state index contributed by atoms with van der Waals surface area (Å²) in [6.07, 6.45) is 7.74. The van der Waals surface area contributed by atoms with Crippen molar-refractivity contribution in [3.63, 3.8) is 0 Å². The van der Waals surface area contributed by atoms with E-state index in [1.165, 1.54) is 4.88 Å². The van der Waals surface area contributed by atoms with Crippen LogP contribution in [0.25, 0.3) is 11.5 Å². The van der Waals surface area contributed by atoms with Crippen LogP contribution in [0.1, 0.15) is 72.8 Å². The van der Waals surface area contributed by atoms with Crippen molar-refractivity contribution < 1.29 is 4.52 Å². The van der Waals surface area contributed by atoms with E-state index in [2.05, 4.69) is 40.0 Å². The number of fused-ring (bicyclic) bond motifs is 4. The topological polar surface area (TPSA) is 108 Å². The standard InChI is InChI=1S/C27H32ClN7OS/c1-3-16-15-34(2)11-6-12-35(16)21-13-20(28)31-26(32-21)23-17-7-4-9-27(24(17)36-33-23)10-5-8-19-22(27)18(14-29)25(30)37-19/h13,16H,3-12,15,30H2,1-2H3/t16-,27-/m0/s1. The summed E-state index contributed by atoms with van der Waals surface area (Å²) < 4.78 is 6.16. The first kappa shape index (κ1) is 24.7. The Morgan fingerprint density at radius 3 is 2.84 bits per heavy atom. The predicted octanol–water partition coefficient (Wildman–Crippen LogP) is 5.18. The van der Waals surface area contributed by atoms with E-state index in [9.17, 15) is 5.26 Å². The van der Waals surface area contributed by atoms with Gasteiger partial charge in [0.25, 0.3) is 0 Å². The van der Waals surface area contributed by atoms with Crippen LogP contribution in [0.15, 0.2) is 10.6 Å². The number of nitrogens with two attached hydrogens (primary N) is 1. The fraction of sp³-hybridized carbons (Fsp3) is 0.556. The summed E-state index contributed by atoms with van der Waals surface area (Å²) in [5.74, 6) is 2.21. The molecule has 0 amide bonds. The Kier molecular flexibility index (Phi) is 6.38. The number of hydrogen-bond acceptors (Lipinski definition) is 9. The molecule has 4 heterocycles. The first-order chi connectivity index (χ1) is 17.9. The quantitative estimate of drug-likeness (QED) is 0.455. The van der Waals surface area contributed by atoms with Crippen molar-refractivity contribution in [2.75, 3.05) is 37.3 Å². The predicted molar refractivity (Wildman–Crippen MR) is 146 cm³/mol. The lowest BCUT2D eigenvalue weighted by Crippen LogP contribution is -2.40. The second-order valence-electron chi connectivity index (χ2n) is 10.6. The maximum Gasteiger partial charge on any atom is 0.185 e. The van der Waals surface area contributed by atoms with E-state index in [1.807, 2.05) is 6.07 Å². The molecule has 0 aromatic carbocycles. The molecule has 6 rings (SSSR count). The Morgan fingerprint density at radius 2 is 2.05 bits per heavy atom. The van der Waals surface area contributed by atoms with E-state index in [0.717, 1.165) is 93.7 Å². The number of nitrogen functional groups attached to an aromatic ring is 1. The lowest BCUT2D eigenvalue weighted by Gasteiger charge is -2.39. The molecule has 37 heavy (non-hydrogen) atoms. The Bertz CT molecular complexity index is 1370. The Labute approximate surface area is 226 Å². The molecule has 1 saturated heterocycles. The lowest BCUT2D eigenvalue weighted by atomic mass is 9.63. The number of hydrogen-bond donors (Lipinski definition) is 1. The first-order valence-electron chi connectivity index (χ1n) is 13.3. The van der Waals surface area contributed by atoms with Crippen molar-refractivity contribution in [1.29, 1.82) is 5.26 Å². The van der Waals surface area contributed by atoms with Gasteiger partial charge in [0.1, 0.15) is 22.0 Å². The zero-order valence-electron chi connectivity index (χ0n) is 21.4. The van der Waals surface area contributed by atoms with Crippen LogP contribution in [0.4, 0.5) is 10.8 Å². The number of nitrogens with zero attached hydrogens (tertiary/aromatic N) is 6. The molecule has 0 radical (unpaired) electrons. The molecule has 1 fully saturated rings. The van der Waals surface area contributed by atoms with E-state index in [1.54, 1.807) is 11.3 Å². The molecule has 1 spiro atoms. The molecule has 2 N–H and O–H groups in total. The number of halogens is 1. The normalized spacial score (nSPS) is 23.9. The minimum absolute atomic E-state index is 0.356. The Balaban J connectivity index is 1.44. The van der Waals surface area contributed by atoms with Gasteiger partial charge in [-0.2, -0.15) is 5.26 Å². The summed E-state index contributed by atoms with van der Waals surface area (Å²) >= 11 is 8.14. The highest BCUT2D eigenvalue weighted by Crippen LogP contribution is 2.55. The van der Waals surface area contributed by atoms with Gasteiger partial charge in [-0.25, -0.2) is 9.97 Å². The van der Waals surface area contributed by atoms with Gasteiger partial charge < -0.3 is 20.1 Å². The van der Waals surface area contributed by atoms with Crippen LogP contribution < -0.4 is 10.6 Å². The zero-order valence-corrected chi connectivity index (χ0v) is 23.0. The van der Waals surface area contributed by atoms with E-state index >= 15 is 0 Å². The highest BCUT2D eigenvalue weighted by Gasteiger charge is 2.48. The zero-order chi connectivity index (χ0) is 25.7. The second kappa shape index (κ2) is 9.57. The van der Waals surface area contributed by atoms with Crippen LogP contribution in [-0.2, 0) is 18.3 Å². The lowest BCUT2D eigenvalue weighted by molar-refractivity contribution is 0.265. The van der Waals surface area contributed by atoms with Gasteiger partial charge in [-0.3, -0.25) is 0 Å². The van der Waals surface area contributed by atoms with Crippen molar-refractivity contribution in [1.82, 2.24) is 20.0 Å². The maximum atomic E-state index is 9.96. The summed E-state index contributed by atoms with van der Waals surface area (Å²) in [7, 11) is 2.18. The molecule has 194 valence electrons. The average molecular weight is 538 g/mol. The number of aryl methyl sites for hydroxylation is 1. The van der Waals surface area contributed by atoms with Crippen molar-refractivity contribution in [3.05, 3.63) is 38.5 Å². The summed E-state index contributed by atoms with van der Waals surface area (Å²) in [6.45, 7) is 5.20. The van der Waals surface area contributed by atoms with E-state index < -0.39 is 0 Å². The van der Waals surface area contributed by atoms with Gasteiger partial charge in [-0.05, 0) is 70.5 Å². The van der Waals surface area contributed by atoms with Gasteiger partial charge in [-0.15, -0.1) is 11.3 Å². The summed E-state index contributed by atoms with van der Waals surface area (Å²) in [5.41, 5.74) is 9.33. The van der Waals surface area contributed by atoms with Crippen LogP contribution in [-0.4, -0.2) is 52.7 Å². The SMILES string of the molecule is CC[C@H]1CN(C)CCCN1c1cc(Cl)nc(-c2noc3c2CCC[C@@]32CCCc3sc(N)c(C#N)c32)n1. The highest BCUT2D eigenvalue weighted by atomic mass is 35.5. The van der Waals surface area contributed by atoms with Crippen molar-refractivity contribution in [3.8, 4) is 17.6 Å². The molecule has 10 heteroatoms. The van der Waals surface area contributed by atoms with Crippen molar-refractivity contribution in [2.24, 2.45) is 0 Å². The van der Waals surface area contributed by atoms with Crippen LogP contribution in [0.3, 0.4) is 0 Å². The van der Waals surface area contributed by atoms with Gasteiger partial charge in [-0.1, -0.05) is 23.7 Å². The average Bonchev–Trinajstić information content (AvgIpc) is 3.41. The second-order valence-corrected chi connectivity index (χ2v) is 12.1. The maximum absolute atomic E-state index is 9.96. The molecule has 3 aromatic heterocycles. The monoisotopic (exact) mass is 537 g/mol. The third-order valence-corrected chi connectivity index (χ3v) is 9.69. The number of nitriles is 1. The molecule has 0 unspecified atom stereocenters. The number of anilines is 2. The third kappa shape index (κ3) is 4.01. The smallest absolute Gasteiger partial charge is 0.185 e. The number of likely N-dealkylation sites (N-methyl/N-ethyl adjacent to an activating group) is 1. The fourth-order valence-electron chi connectivity index (χ4n) is 6.77. The van der Waals surface area contributed by atoms with Gasteiger partial charge in [0.15, 0.2) is 17.3 Å². The van der Waals surface area contributed by atoms with E-state index in [-0.39, 0.29) is 5.41 Å². The van der Waals surface area contributed by atoms with Crippen LogP contribution in [0, 0.1) is 11.3 Å². The third-order valence-electron chi connectivity index (χ3n) is 8.42. The van der Waals surface area contributed by atoms with E-state index in [4.69, 9.17) is 26.8 Å². The highest BCUT2D eigenvalue weighted by molar-refractivity contribution is 7.16. The van der Waals surface area contributed by atoms with Crippen LogP contribution in [0.5, 0.6) is 0 Å². The van der Waals surface area contributed by atoms with Gasteiger partial charge in [0.05, 0.1) is 11.0 Å². The summed E-state index contributed by atoms with van der Waals surface area (Å²) in [6, 6.07) is 4.61. The van der Waals surface area contributed by atoms with Gasteiger partial charge in [0, 0.05) is 35.6 Å². The molecule has 0 saturated carbocycles. The summed E-state index contributed by atoms with van der Waals surface area (Å²) in [4.78, 5) is 15.6. The largest absolute Gasteiger partial charge is 0.389 e. The fourth-order valence-corrected chi connectivity index (χ4v) is 8.11. The molecule has 2 aliphatic carbocycles. The minimum Gasteiger partial charge on any atom is -0.389 e. The van der Waals surface area contributed by atoms with E-state index in [0.29, 0.717) is 33.3 Å². The number of thiophene rings is 1. The molecule has 3 aliphatic rings. The summed E-state index contributed by atoms with van der Waals surface area (Å²) in [5, 5.41) is 15.5. The molecule has 3 aromatic rings. The van der Waals surface area contributed by atoms with Gasteiger partial charge in [0.2, 0.25) is 0 Å². The van der Waals surface area contributed by atoms with Gasteiger partial charge >= 0.3 is 0 Å². The van der Waals surface area contributed by atoms with Crippen LogP contribution >= 0.6 is 22.9 Å². The first-order valence-corrected chi connectivity index (χ1v) is 14.5. The Hall–Kier alpha value is -2.67. The minimum atomic E-state index is -0.365. The molecule has 0 bridgehead atoms. The van der Waals surface area contributed by atoms with Crippen molar-refractivity contribution >= 4 is 33.8 Å². The molecular formula is C27H32ClN7OS. The molecule has 1 aliphatic heterocycles. The number of rotatable bonds is 3. The van der Waals surface area contributed by atoms with Crippen molar-refractivity contribution in [2.45, 2.75) is 69.7 Å². The molecule has 2 atom stereocenters. The van der Waals surface area contributed by atoms with Crippen LogP contribution in [0.2, 0.25) is 5.15 Å². The number of aromatic nitrogens is 3. The molecular weight excluding hydrogens is 506 g/mol. The Morgan fingerprint density at radius 1 is 1.24 bits per heavy atom. The molecule has 8 nitrogen and oxygen atoms in total.